The molecule has 2 aromatic heterocycles. The Morgan fingerprint density at radius 3 is 2.80 bits per heavy atom. The van der Waals surface area contributed by atoms with E-state index in [2.05, 4.69) is 21.3 Å². The normalized spacial score (nSPS) is 14.5. The van der Waals surface area contributed by atoms with E-state index in [9.17, 15) is 10.4 Å². The first kappa shape index (κ1) is 19.9. The van der Waals surface area contributed by atoms with Crippen molar-refractivity contribution in [1.29, 1.82) is 5.26 Å². The van der Waals surface area contributed by atoms with Crippen LogP contribution in [0.2, 0.25) is 0 Å². The van der Waals surface area contributed by atoms with Crippen molar-refractivity contribution in [3.05, 3.63) is 54.2 Å². The van der Waals surface area contributed by atoms with Crippen LogP contribution in [0.25, 0.3) is 11.3 Å². The van der Waals surface area contributed by atoms with Crippen molar-refractivity contribution >= 4 is 23.5 Å². The van der Waals surface area contributed by atoms with E-state index in [4.69, 9.17) is 9.26 Å². The summed E-state index contributed by atoms with van der Waals surface area (Å²) in [7, 11) is 0. The van der Waals surface area contributed by atoms with Gasteiger partial charge in [0.2, 0.25) is 5.27 Å². The maximum absolute atomic E-state index is 12.3. The molecule has 0 aliphatic carbocycles. The third-order valence-corrected chi connectivity index (χ3v) is 5.31. The van der Waals surface area contributed by atoms with Crippen molar-refractivity contribution in [2.24, 2.45) is 4.99 Å². The number of morpholine rings is 1. The fourth-order valence-corrected chi connectivity index (χ4v) is 3.62. The fourth-order valence-electron chi connectivity index (χ4n) is 2.86. The van der Waals surface area contributed by atoms with Gasteiger partial charge in [0.15, 0.2) is 0 Å². The molecular formula is C20H18N6O3S. The van der Waals surface area contributed by atoms with E-state index in [1.807, 2.05) is 35.3 Å². The van der Waals surface area contributed by atoms with Crippen molar-refractivity contribution in [2.45, 2.75) is 5.03 Å². The zero-order chi connectivity index (χ0) is 20.8. The Kier molecular flexibility index (Phi) is 6.22. The van der Waals surface area contributed by atoms with Gasteiger partial charge < -0.3 is 9.84 Å². The van der Waals surface area contributed by atoms with Gasteiger partial charge in [-0.15, -0.1) is 5.01 Å². The highest BCUT2D eigenvalue weighted by atomic mass is 32.2. The summed E-state index contributed by atoms with van der Waals surface area (Å²) in [6.45, 7) is 2.58. The topological polar surface area (TPSA) is 114 Å². The summed E-state index contributed by atoms with van der Waals surface area (Å²) in [5.41, 5.74) is 2.09. The first-order valence-electron chi connectivity index (χ1n) is 9.28. The van der Waals surface area contributed by atoms with Gasteiger partial charge in [0.25, 0.3) is 6.20 Å². The first-order chi connectivity index (χ1) is 14.7. The van der Waals surface area contributed by atoms with Crippen LogP contribution in [0.4, 0.5) is 5.88 Å². The second-order valence-electron chi connectivity index (χ2n) is 6.35. The maximum Gasteiger partial charge on any atom is 0.324 e. The van der Waals surface area contributed by atoms with E-state index in [0.717, 1.165) is 11.3 Å². The molecule has 1 aliphatic heterocycles. The summed E-state index contributed by atoms with van der Waals surface area (Å²) >= 11 is 1.17. The van der Waals surface area contributed by atoms with Crippen LogP contribution in [0.3, 0.4) is 0 Å². The second-order valence-corrected chi connectivity index (χ2v) is 7.31. The number of ether oxygens (including phenoxy) is 1. The summed E-state index contributed by atoms with van der Waals surface area (Å²) in [4.78, 5) is 10.0. The lowest BCUT2D eigenvalue weighted by Crippen LogP contribution is -2.62. The third-order valence-electron chi connectivity index (χ3n) is 4.34. The van der Waals surface area contributed by atoms with Crippen LogP contribution in [0.5, 0.6) is 0 Å². The molecule has 0 bridgehead atoms. The summed E-state index contributed by atoms with van der Waals surface area (Å²) in [6.07, 6.45) is 1.56. The summed E-state index contributed by atoms with van der Waals surface area (Å²) < 4.78 is 10.4. The fraction of sp³-hybridized carbons (Fsp3) is 0.250. The van der Waals surface area contributed by atoms with Gasteiger partial charge in [-0.05, 0) is 18.0 Å². The number of pyridine rings is 1. The molecule has 0 N–H and O–H groups in total. The van der Waals surface area contributed by atoms with E-state index in [1.54, 1.807) is 18.3 Å². The van der Waals surface area contributed by atoms with Crippen molar-refractivity contribution in [1.82, 2.24) is 10.3 Å². The van der Waals surface area contributed by atoms with E-state index in [1.165, 1.54) is 16.6 Å². The number of aliphatic imine (C=N–C) groups is 1. The molecule has 1 aliphatic rings. The number of aromatic nitrogens is 3. The minimum atomic E-state index is -0.402. The summed E-state index contributed by atoms with van der Waals surface area (Å²) in [6, 6.07) is 15.3. The number of hydrogen-bond donors (Lipinski definition) is 0. The van der Waals surface area contributed by atoms with Gasteiger partial charge in [-0.1, -0.05) is 42.1 Å². The largest absolute Gasteiger partial charge is 0.861 e. The van der Waals surface area contributed by atoms with Crippen LogP contribution >= 0.6 is 11.8 Å². The molecule has 3 aromatic rings. The Labute approximate surface area is 177 Å². The molecule has 0 atom stereocenters. The Hall–Kier alpha value is -3.42. The molecule has 0 amide bonds. The van der Waals surface area contributed by atoms with E-state index in [0.29, 0.717) is 36.9 Å². The smallest absolute Gasteiger partial charge is 0.324 e. The second kappa shape index (κ2) is 9.39. The van der Waals surface area contributed by atoms with Gasteiger partial charge >= 0.3 is 5.88 Å². The van der Waals surface area contributed by atoms with E-state index >= 15 is 0 Å². The Morgan fingerprint density at radius 2 is 2.03 bits per heavy atom. The first-order valence-corrected chi connectivity index (χ1v) is 10.3. The molecule has 0 spiro atoms. The maximum atomic E-state index is 12.3. The van der Waals surface area contributed by atoms with Crippen LogP contribution < -0.4 is 14.9 Å². The number of rotatable bonds is 6. The third kappa shape index (κ3) is 4.76. The number of nitrogens with zero attached hydrogens (tertiary/aromatic N) is 6. The van der Waals surface area contributed by atoms with Crippen molar-refractivity contribution < 1.29 is 19.2 Å². The molecule has 0 unspecified atom stereocenters. The molecule has 0 saturated carbocycles. The van der Waals surface area contributed by atoms with Gasteiger partial charge in [-0.25, -0.2) is 9.98 Å². The van der Waals surface area contributed by atoms with Gasteiger partial charge in [0, 0.05) is 11.3 Å². The molecule has 30 heavy (non-hydrogen) atoms. The van der Waals surface area contributed by atoms with E-state index < -0.39 is 5.90 Å². The zero-order valence-corrected chi connectivity index (χ0v) is 16.8. The average molecular weight is 422 g/mol. The highest BCUT2D eigenvalue weighted by molar-refractivity contribution is 7.99. The molecule has 1 aromatic carbocycles. The molecule has 10 heteroatoms. The zero-order valence-electron chi connectivity index (χ0n) is 16.0. The van der Waals surface area contributed by atoms with Gasteiger partial charge in [-0.3, -0.25) is 4.52 Å². The predicted molar refractivity (Wildman–Crippen MR) is 108 cm³/mol. The molecule has 3 heterocycles. The van der Waals surface area contributed by atoms with Crippen molar-refractivity contribution in [3.63, 3.8) is 0 Å². The molecule has 1 fully saturated rings. The Morgan fingerprint density at radius 1 is 1.23 bits per heavy atom. The average Bonchev–Trinajstić information content (AvgIpc) is 3.27. The van der Waals surface area contributed by atoms with Crippen LogP contribution in [0.1, 0.15) is 5.56 Å². The highest BCUT2D eigenvalue weighted by Crippen LogP contribution is 2.25. The van der Waals surface area contributed by atoms with Gasteiger partial charge in [0.05, 0.1) is 42.4 Å². The van der Waals surface area contributed by atoms with Crippen molar-refractivity contribution in [3.8, 4) is 17.3 Å². The molecule has 152 valence electrons. The molecule has 9 nitrogen and oxygen atoms in total. The predicted octanol–water partition coefficient (Wildman–Crippen LogP) is 1.05. The minimum Gasteiger partial charge on any atom is -0.861 e. The Balaban J connectivity index is 1.45. The number of nitriles is 1. The quantitative estimate of drug-likeness (QED) is 0.251. The van der Waals surface area contributed by atoms with Crippen LogP contribution in [-0.4, -0.2) is 48.2 Å². The lowest BCUT2D eigenvalue weighted by atomic mass is 10.1. The standard InChI is InChI=1S/C20H18N6O3S/c21-12-16-6-7-17(15-4-2-1-3-5-15)22-20(16)30-14-18(27)23-19-13-26(24-29-19)25-8-10-28-11-9-25/h1-7,13H,8-11,14H2. The monoisotopic (exact) mass is 422 g/mol. The molecular weight excluding hydrogens is 404 g/mol. The highest BCUT2D eigenvalue weighted by Gasteiger charge is 2.22. The van der Waals surface area contributed by atoms with Crippen molar-refractivity contribution in [2.75, 3.05) is 37.1 Å². The minimum absolute atomic E-state index is 0.0260. The van der Waals surface area contributed by atoms with E-state index in [-0.39, 0.29) is 11.6 Å². The SMILES string of the molecule is N#Cc1ccc(-c2ccccc2)nc1SC/C([O-])=N/c1c[n+](N2CCOCC2)no1. The lowest BCUT2D eigenvalue weighted by molar-refractivity contribution is -0.759. The molecule has 0 radical (unpaired) electrons. The van der Waals surface area contributed by atoms with Gasteiger partial charge in [-0.2, -0.15) is 5.26 Å². The van der Waals surface area contributed by atoms with Crippen LogP contribution in [0, 0.1) is 11.3 Å². The number of hydrogen-bond acceptors (Lipinski definition) is 9. The summed E-state index contributed by atoms with van der Waals surface area (Å²) in [5, 5.41) is 28.0. The van der Waals surface area contributed by atoms with Crippen LogP contribution in [-0.2, 0) is 4.74 Å². The van der Waals surface area contributed by atoms with Crippen LogP contribution in [0.15, 0.2) is 63.2 Å². The number of benzene rings is 1. The Bertz CT molecular complexity index is 1070. The van der Waals surface area contributed by atoms with Gasteiger partial charge in [0.1, 0.15) is 11.1 Å². The lowest BCUT2D eigenvalue weighted by Gasteiger charge is -2.18. The molecule has 1 saturated heterocycles. The summed E-state index contributed by atoms with van der Waals surface area (Å²) in [5.74, 6) is -0.252. The molecule has 4 rings (SSSR count). The number of thioether (sulfide) groups is 1.